The highest BCUT2D eigenvalue weighted by Gasteiger charge is 2.32. The van der Waals surface area contributed by atoms with Crippen LogP contribution in [-0.2, 0) is 11.4 Å². The highest BCUT2D eigenvalue weighted by molar-refractivity contribution is 9.10. The molecule has 2 rings (SSSR count). The van der Waals surface area contributed by atoms with Gasteiger partial charge in [0, 0.05) is 11.6 Å². The number of nitrogens with zero attached hydrogens (tertiary/aromatic N) is 1. The number of carboxylic acid groups (broad SMARTS) is 1. The van der Waals surface area contributed by atoms with Gasteiger partial charge >= 0.3 is 5.97 Å². The summed E-state index contributed by atoms with van der Waals surface area (Å²) in [6.45, 7) is 7.28. The Bertz CT molecular complexity index is 810. The molecular weight excluding hydrogens is 404 g/mol. The maximum atomic E-state index is 12.4. The summed E-state index contributed by atoms with van der Waals surface area (Å²) in [4.78, 5) is 23.8. The molecule has 1 aromatic heterocycles. The number of carbonyl (C=O) groups is 2. The minimum Gasteiger partial charge on any atom is -0.484 e. The van der Waals surface area contributed by atoms with Crippen LogP contribution >= 0.6 is 15.9 Å². The number of hydrogen-bond donors (Lipinski definition) is 2. The van der Waals surface area contributed by atoms with Crippen molar-refractivity contribution in [2.24, 2.45) is 5.41 Å². The Hall–Kier alpha value is -2.35. The van der Waals surface area contributed by atoms with Crippen LogP contribution in [0.2, 0.25) is 0 Å². The first-order valence-corrected chi connectivity index (χ1v) is 8.75. The van der Waals surface area contributed by atoms with E-state index < -0.39 is 23.3 Å². The number of benzene rings is 1. The second-order valence-corrected chi connectivity index (χ2v) is 7.83. The quantitative estimate of drug-likeness (QED) is 0.734. The van der Waals surface area contributed by atoms with Crippen molar-refractivity contribution < 1.29 is 24.0 Å². The van der Waals surface area contributed by atoms with Crippen molar-refractivity contribution >= 4 is 27.8 Å². The Morgan fingerprint density at radius 3 is 2.54 bits per heavy atom. The third kappa shape index (κ3) is 5.08. The Morgan fingerprint density at radius 1 is 1.35 bits per heavy atom. The van der Waals surface area contributed by atoms with E-state index in [1.165, 1.54) is 0 Å². The van der Waals surface area contributed by atoms with E-state index in [0.29, 0.717) is 21.5 Å². The van der Waals surface area contributed by atoms with Crippen molar-refractivity contribution in [3.8, 4) is 5.75 Å². The zero-order chi connectivity index (χ0) is 19.5. The molecule has 0 saturated carbocycles. The van der Waals surface area contributed by atoms with E-state index in [1.54, 1.807) is 45.0 Å². The van der Waals surface area contributed by atoms with Crippen molar-refractivity contribution in [3.63, 3.8) is 0 Å². The van der Waals surface area contributed by atoms with E-state index >= 15 is 0 Å². The number of aromatic nitrogens is 1. The Morgan fingerprint density at radius 2 is 2.04 bits per heavy atom. The lowest BCUT2D eigenvalue weighted by molar-refractivity contribution is -0.142. The molecule has 1 heterocycles. The number of ether oxygens (including phenoxy) is 1. The number of nitrogens with one attached hydrogen (secondary N) is 1. The van der Waals surface area contributed by atoms with Crippen LogP contribution in [-0.4, -0.2) is 28.2 Å². The summed E-state index contributed by atoms with van der Waals surface area (Å²) in [6, 6.07) is 5.56. The topological polar surface area (TPSA) is 102 Å². The highest BCUT2D eigenvalue weighted by Crippen LogP contribution is 2.27. The van der Waals surface area contributed by atoms with E-state index in [9.17, 15) is 14.7 Å². The van der Waals surface area contributed by atoms with Crippen molar-refractivity contribution in [1.82, 2.24) is 10.5 Å². The van der Waals surface area contributed by atoms with Crippen molar-refractivity contribution in [1.29, 1.82) is 0 Å². The standard InChI is InChI=1S/C18H21BrN2O5/c1-10-7-12(26-21-10)9-25-14-6-5-11(8-13(14)19)16(22)20-15(17(23)24)18(2,3)4/h5-8,15H,9H2,1-4H3,(H,20,22)(H,23,24). The number of aryl methyl sites for hydroxylation is 1. The van der Waals surface area contributed by atoms with E-state index in [-0.39, 0.29) is 6.61 Å². The minimum absolute atomic E-state index is 0.204. The molecule has 0 saturated heterocycles. The number of aliphatic carboxylic acids is 1. The maximum Gasteiger partial charge on any atom is 0.326 e. The van der Waals surface area contributed by atoms with E-state index in [2.05, 4.69) is 26.4 Å². The van der Waals surface area contributed by atoms with Gasteiger partial charge in [0.2, 0.25) is 0 Å². The van der Waals surface area contributed by atoms with E-state index in [4.69, 9.17) is 9.26 Å². The summed E-state index contributed by atoms with van der Waals surface area (Å²) in [5.74, 6) is -0.426. The van der Waals surface area contributed by atoms with Crippen molar-refractivity contribution in [2.45, 2.75) is 40.3 Å². The second kappa shape index (κ2) is 7.90. The Kier molecular flexibility index (Phi) is 6.07. The molecule has 0 aliphatic rings. The van der Waals surface area contributed by atoms with Crippen LogP contribution < -0.4 is 10.1 Å². The normalized spacial score (nSPS) is 12.5. The minimum atomic E-state index is -1.08. The molecule has 0 spiro atoms. The monoisotopic (exact) mass is 424 g/mol. The molecule has 0 aliphatic heterocycles. The van der Waals surface area contributed by atoms with Gasteiger partial charge in [0.05, 0.1) is 10.2 Å². The van der Waals surface area contributed by atoms with Gasteiger partial charge in [-0.15, -0.1) is 0 Å². The summed E-state index contributed by atoms with van der Waals surface area (Å²) in [5, 5.41) is 15.7. The molecule has 1 amide bonds. The van der Waals surface area contributed by atoms with Crippen LogP contribution in [0.1, 0.15) is 42.6 Å². The molecule has 8 heteroatoms. The predicted molar refractivity (Wildman–Crippen MR) is 98.1 cm³/mol. The summed E-state index contributed by atoms with van der Waals surface area (Å²) < 4.78 is 11.3. The molecule has 2 N–H and O–H groups in total. The first-order valence-electron chi connectivity index (χ1n) is 7.96. The van der Waals surface area contributed by atoms with Crippen LogP contribution in [0.5, 0.6) is 5.75 Å². The summed E-state index contributed by atoms with van der Waals surface area (Å²) in [6.07, 6.45) is 0. The lowest BCUT2D eigenvalue weighted by Crippen LogP contribution is -2.49. The van der Waals surface area contributed by atoms with E-state index in [1.807, 2.05) is 6.92 Å². The molecule has 7 nitrogen and oxygen atoms in total. The van der Waals surface area contributed by atoms with Crippen LogP contribution in [0.3, 0.4) is 0 Å². The molecule has 2 aromatic rings. The number of rotatable bonds is 6. The number of carboxylic acids is 1. The summed E-state index contributed by atoms with van der Waals surface area (Å²) in [5.41, 5.74) is 0.480. The third-order valence-electron chi connectivity index (χ3n) is 3.63. The molecule has 0 fully saturated rings. The third-order valence-corrected chi connectivity index (χ3v) is 4.25. The predicted octanol–water partition coefficient (Wildman–Crippen LogP) is 3.55. The number of amides is 1. The molecular formula is C18H21BrN2O5. The average Bonchev–Trinajstić information content (AvgIpc) is 2.95. The SMILES string of the molecule is Cc1cc(COc2ccc(C(=O)NC(C(=O)O)C(C)(C)C)cc2Br)on1. The van der Waals surface area contributed by atoms with Crippen molar-refractivity contribution in [3.05, 3.63) is 45.8 Å². The van der Waals surface area contributed by atoms with Gasteiger partial charge in [0.25, 0.3) is 5.91 Å². The zero-order valence-electron chi connectivity index (χ0n) is 15.0. The Balaban J connectivity index is 2.07. The Labute approximate surface area is 159 Å². The molecule has 0 bridgehead atoms. The summed E-state index contributed by atoms with van der Waals surface area (Å²) >= 11 is 3.36. The largest absolute Gasteiger partial charge is 0.484 e. The molecule has 1 atom stereocenters. The smallest absolute Gasteiger partial charge is 0.326 e. The lowest BCUT2D eigenvalue weighted by Gasteiger charge is -2.27. The fraction of sp³-hybridized carbons (Fsp3) is 0.389. The zero-order valence-corrected chi connectivity index (χ0v) is 16.6. The van der Waals surface area contributed by atoms with Gasteiger partial charge in [-0.1, -0.05) is 25.9 Å². The number of halogens is 1. The van der Waals surface area contributed by atoms with Gasteiger partial charge in [0.15, 0.2) is 5.76 Å². The van der Waals surface area contributed by atoms with E-state index in [0.717, 1.165) is 5.69 Å². The van der Waals surface area contributed by atoms with Crippen LogP contribution in [0.4, 0.5) is 0 Å². The van der Waals surface area contributed by atoms with Crippen LogP contribution in [0.15, 0.2) is 33.3 Å². The first kappa shape index (κ1) is 20.0. The second-order valence-electron chi connectivity index (χ2n) is 6.98. The number of hydrogen-bond acceptors (Lipinski definition) is 5. The summed E-state index contributed by atoms with van der Waals surface area (Å²) in [7, 11) is 0. The molecule has 0 aliphatic carbocycles. The molecule has 1 unspecified atom stereocenters. The molecule has 0 radical (unpaired) electrons. The van der Waals surface area contributed by atoms with Gasteiger partial charge in [-0.3, -0.25) is 4.79 Å². The maximum absolute atomic E-state index is 12.4. The highest BCUT2D eigenvalue weighted by atomic mass is 79.9. The van der Waals surface area contributed by atoms with Gasteiger partial charge in [-0.05, 0) is 46.5 Å². The molecule has 26 heavy (non-hydrogen) atoms. The number of carbonyl (C=O) groups excluding carboxylic acids is 1. The molecule has 140 valence electrons. The first-order chi connectivity index (χ1) is 12.1. The average molecular weight is 425 g/mol. The van der Waals surface area contributed by atoms with Crippen molar-refractivity contribution in [2.75, 3.05) is 0 Å². The van der Waals surface area contributed by atoms with Crippen LogP contribution in [0, 0.1) is 12.3 Å². The van der Waals surface area contributed by atoms with Gasteiger partial charge in [-0.2, -0.15) is 0 Å². The lowest BCUT2D eigenvalue weighted by atomic mass is 9.86. The fourth-order valence-electron chi connectivity index (χ4n) is 2.26. The fourth-order valence-corrected chi connectivity index (χ4v) is 2.75. The molecule has 1 aromatic carbocycles. The van der Waals surface area contributed by atoms with Gasteiger partial charge in [0.1, 0.15) is 18.4 Å². The van der Waals surface area contributed by atoms with Gasteiger partial charge < -0.3 is 19.7 Å². The van der Waals surface area contributed by atoms with Gasteiger partial charge in [-0.25, -0.2) is 4.79 Å². The van der Waals surface area contributed by atoms with Crippen LogP contribution in [0.25, 0.3) is 0 Å².